The van der Waals surface area contributed by atoms with Gasteiger partial charge in [-0.05, 0) is 41.0 Å². The summed E-state index contributed by atoms with van der Waals surface area (Å²) in [6.07, 6.45) is 3.26. The Labute approximate surface area is 115 Å². The smallest absolute Gasteiger partial charge is 0.244 e. The van der Waals surface area contributed by atoms with Crippen LogP contribution < -0.4 is 0 Å². The Hall–Kier alpha value is -2.31. The summed E-state index contributed by atoms with van der Waals surface area (Å²) in [5, 5.41) is 10.7. The Balaban J connectivity index is 1.75. The fraction of sp³-hybridized carbons (Fsp3) is 0.385. The lowest BCUT2D eigenvalue weighted by Crippen LogP contribution is -2.33. The molecule has 7 heteroatoms. The molecule has 1 aromatic heterocycles. The monoisotopic (exact) mass is 275 g/mol. The molecule has 1 amide bonds. The zero-order valence-electron chi connectivity index (χ0n) is 10.8. The molecule has 1 aromatic carbocycles. The summed E-state index contributed by atoms with van der Waals surface area (Å²) in [5.41, 5.74) is 0.967. The quantitative estimate of drug-likeness (QED) is 0.843. The van der Waals surface area contributed by atoms with Crippen LogP contribution in [0.4, 0.5) is 4.39 Å². The van der Waals surface area contributed by atoms with Gasteiger partial charge in [-0.1, -0.05) is 12.1 Å². The molecule has 6 nitrogen and oxygen atoms in total. The van der Waals surface area contributed by atoms with Crippen LogP contribution in [-0.4, -0.2) is 37.6 Å². The highest BCUT2D eigenvalue weighted by molar-refractivity contribution is 5.76. The van der Waals surface area contributed by atoms with E-state index in [1.165, 1.54) is 23.1 Å². The Morgan fingerprint density at radius 1 is 1.35 bits per heavy atom. The second-order valence-electron chi connectivity index (χ2n) is 4.80. The van der Waals surface area contributed by atoms with Crippen molar-refractivity contribution < 1.29 is 9.18 Å². The van der Waals surface area contributed by atoms with Gasteiger partial charge >= 0.3 is 0 Å². The van der Waals surface area contributed by atoms with Crippen molar-refractivity contribution in [2.24, 2.45) is 0 Å². The second-order valence-corrected chi connectivity index (χ2v) is 4.80. The number of hydrogen-bond acceptors (Lipinski definition) is 4. The molecule has 0 spiro atoms. The Kier molecular flexibility index (Phi) is 3.41. The van der Waals surface area contributed by atoms with Crippen LogP contribution in [0.3, 0.4) is 0 Å². The summed E-state index contributed by atoms with van der Waals surface area (Å²) in [4.78, 5) is 14.1. The highest BCUT2D eigenvalue weighted by Gasteiger charge is 2.29. The maximum absolute atomic E-state index is 13.0. The maximum atomic E-state index is 13.0. The Bertz CT molecular complexity index is 583. The van der Waals surface area contributed by atoms with Crippen molar-refractivity contribution in [2.75, 3.05) is 6.54 Å². The summed E-state index contributed by atoms with van der Waals surface area (Å²) in [5.74, 6) is -0.289. The zero-order chi connectivity index (χ0) is 13.9. The molecule has 3 rings (SSSR count). The van der Waals surface area contributed by atoms with Crippen LogP contribution in [0, 0.1) is 5.82 Å². The predicted molar refractivity (Wildman–Crippen MR) is 67.9 cm³/mol. The number of hydrogen-bond donors (Lipinski definition) is 0. The molecule has 0 radical (unpaired) electrons. The summed E-state index contributed by atoms with van der Waals surface area (Å²) in [6.45, 7) is 0.841. The number of rotatable bonds is 3. The number of halogens is 1. The minimum absolute atomic E-state index is 0.0135. The number of tetrazole rings is 1. The van der Waals surface area contributed by atoms with E-state index in [4.69, 9.17) is 0 Å². The third kappa shape index (κ3) is 2.52. The average Bonchev–Trinajstić information content (AvgIpc) is 3.10. The summed E-state index contributed by atoms with van der Waals surface area (Å²) < 4.78 is 14.4. The van der Waals surface area contributed by atoms with Crippen LogP contribution in [0.25, 0.3) is 0 Å². The number of amides is 1. The molecule has 2 aromatic rings. The van der Waals surface area contributed by atoms with E-state index in [1.807, 2.05) is 4.90 Å². The van der Waals surface area contributed by atoms with Crippen LogP contribution in [0.1, 0.15) is 24.4 Å². The largest absolute Gasteiger partial charge is 0.334 e. The maximum Gasteiger partial charge on any atom is 0.244 e. The lowest BCUT2D eigenvalue weighted by molar-refractivity contribution is -0.133. The third-order valence-corrected chi connectivity index (χ3v) is 3.52. The molecule has 0 saturated carbocycles. The fourth-order valence-electron chi connectivity index (χ4n) is 2.58. The molecule has 20 heavy (non-hydrogen) atoms. The minimum Gasteiger partial charge on any atom is -0.334 e. The standard InChI is InChI=1S/C13H14FN5O/c14-11-5-3-10(4-6-11)12-2-1-7-19(12)13(20)8-18-9-15-16-17-18/h3-6,9,12H,1-2,7-8H2. The van der Waals surface area contributed by atoms with Crippen molar-refractivity contribution >= 4 is 5.91 Å². The molecule has 1 atom stereocenters. The molecule has 1 unspecified atom stereocenters. The third-order valence-electron chi connectivity index (χ3n) is 3.52. The van der Waals surface area contributed by atoms with Gasteiger partial charge in [-0.2, -0.15) is 0 Å². The van der Waals surface area contributed by atoms with Crippen molar-refractivity contribution in [1.29, 1.82) is 0 Å². The summed E-state index contributed by atoms with van der Waals surface area (Å²) in [6, 6.07) is 6.35. The van der Waals surface area contributed by atoms with Crippen LogP contribution >= 0.6 is 0 Å². The number of aromatic nitrogens is 4. The van der Waals surface area contributed by atoms with Gasteiger partial charge in [-0.3, -0.25) is 4.79 Å². The molecular weight excluding hydrogens is 261 g/mol. The predicted octanol–water partition coefficient (Wildman–Crippen LogP) is 1.18. The van der Waals surface area contributed by atoms with Crippen molar-refractivity contribution in [2.45, 2.75) is 25.4 Å². The Morgan fingerprint density at radius 3 is 2.85 bits per heavy atom. The van der Waals surface area contributed by atoms with E-state index < -0.39 is 0 Å². The first-order valence-electron chi connectivity index (χ1n) is 6.50. The molecule has 2 heterocycles. The first kappa shape index (κ1) is 12.7. The SMILES string of the molecule is O=C(Cn1cnnn1)N1CCCC1c1ccc(F)cc1. The van der Waals surface area contributed by atoms with Crippen molar-refractivity contribution in [3.8, 4) is 0 Å². The van der Waals surface area contributed by atoms with E-state index in [1.54, 1.807) is 12.1 Å². The normalized spacial score (nSPS) is 18.4. The van der Waals surface area contributed by atoms with Gasteiger partial charge < -0.3 is 4.90 Å². The second kappa shape index (κ2) is 5.36. The van der Waals surface area contributed by atoms with Crippen LogP contribution in [0.15, 0.2) is 30.6 Å². The van der Waals surface area contributed by atoms with E-state index in [0.29, 0.717) is 6.54 Å². The van der Waals surface area contributed by atoms with Crippen molar-refractivity contribution in [3.05, 3.63) is 42.0 Å². The number of nitrogens with zero attached hydrogens (tertiary/aromatic N) is 5. The number of carbonyl (C=O) groups excluding carboxylic acids is 1. The molecule has 1 aliphatic heterocycles. The number of likely N-dealkylation sites (tertiary alicyclic amines) is 1. The molecule has 1 aliphatic rings. The molecule has 1 fully saturated rings. The van der Waals surface area contributed by atoms with E-state index in [2.05, 4.69) is 15.5 Å². The van der Waals surface area contributed by atoms with Gasteiger partial charge in [-0.25, -0.2) is 9.07 Å². The summed E-state index contributed by atoms with van der Waals surface area (Å²) in [7, 11) is 0. The zero-order valence-corrected chi connectivity index (χ0v) is 10.8. The molecule has 104 valence electrons. The van der Waals surface area contributed by atoms with Gasteiger partial charge in [0.25, 0.3) is 0 Å². The van der Waals surface area contributed by atoms with Gasteiger partial charge in [0.2, 0.25) is 5.91 Å². The van der Waals surface area contributed by atoms with Crippen molar-refractivity contribution in [1.82, 2.24) is 25.1 Å². The van der Waals surface area contributed by atoms with E-state index in [9.17, 15) is 9.18 Å². The van der Waals surface area contributed by atoms with Crippen LogP contribution in [0.5, 0.6) is 0 Å². The van der Waals surface area contributed by atoms with Gasteiger partial charge in [0, 0.05) is 6.54 Å². The van der Waals surface area contributed by atoms with E-state index >= 15 is 0 Å². The molecule has 1 saturated heterocycles. The lowest BCUT2D eigenvalue weighted by atomic mass is 10.0. The van der Waals surface area contributed by atoms with Crippen LogP contribution in [0.2, 0.25) is 0 Å². The van der Waals surface area contributed by atoms with Gasteiger partial charge in [0.1, 0.15) is 18.7 Å². The summed E-state index contributed by atoms with van der Waals surface area (Å²) >= 11 is 0. The van der Waals surface area contributed by atoms with Crippen molar-refractivity contribution in [3.63, 3.8) is 0 Å². The molecule has 0 bridgehead atoms. The molecule has 0 aliphatic carbocycles. The first-order valence-corrected chi connectivity index (χ1v) is 6.50. The number of benzene rings is 1. The van der Waals surface area contributed by atoms with E-state index in [-0.39, 0.29) is 24.3 Å². The first-order chi connectivity index (χ1) is 9.74. The van der Waals surface area contributed by atoms with E-state index in [0.717, 1.165) is 18.4 Å². The van der Waals surface area contributed by atoms with Gasteiger partial charge in [-0.15, -0.1) is 5.10 Å². The lowest BCUT2D eigenvalue weighted by Gasteiger charge is -2.25. The van der Waals surface area contributed by atoms with Crippen LogP contribution in [-0.2, 0) is 11.3 Å². The minimum atomic E-state index is -0.265. The highest BCUT2D eigenvalue weighted by atomic mass is 19.1. The van der Waals surface area contributed by atoms with Gasteiger partial charge in [0.05, 0.1) is 6.04 Å². The van der Waals surface area contributed by atoms with Gasteiger partial charge in [0.15, 0.2) is 0 Å². The highest BCUT2D eigenvalue weighted by Crippen LogP contribution is 2.32. The molecule has 0 N–H and O–H groups in total. The topological polar surface area (TPSA) is 63.9 Å². The number of carbonyl (C=O) groups is 1. The molecular formula is C13H14FN5O. The Morgan fingerprint density at radius 2 is 2.15 bits per heavy atom. The average molecular weight is 275 g/mol. The fourth-order valence-corrected chi connectivity index (χ4v) is 2.58.